The van der Waals surface area contributed by atoms with Gasteiger partial charge in [0.15, 0.2) is 6.79 Å². The predicted octanol–water partition coefficient (Wildman–Crippen LogP) is 3.03. The van der Waals surface area contributed by atoms with Crippen LogP contribution in [0.15, 0.2) is 21.6 Å². The normalized spacial score (nSPS) is 20.1. The summed E-state index contributed by atoms with van der Waals surface area (Å²) in [7, 11) is 0. The molecule has 2 aliphatic rings. The van der Waals surface area contributed by atoms with Crippen molar-refractivity contribution < 1.29 is 14.3 Å². The maximum atomic E-state index is 10.7. The average molecular weight is 310 g/mol. The second-order valence-corrected chi connectivity index (χ2v) is 5.56. The Bertz CT molecular complexity index is 533. The highest BCUT2D eigenvalue weighted by Crippen LogP contribution is 2.50. The fourth-order valence-corrected chi connectivity index (χ4v) is 3.07. The number of hydrogen-bond acceptors (Lipinski definition) is 4. The Labute approximate surface area is 113 Å². The van der Waals surface area contributed by atoms with Crippen LogP contribution in [0.5, 0.6) is 5.75 Å². The molecule has 3 rings (SSSR count). The van der Waals surface area contributed by atoms with Gasteiger partial charge in [0.05, 0.1) is 6.61 Å². The Morgan fingerprint density at radius 3 is 2.89 bits per heavy atom. The average Bonchev–Trinajstić information content (AvgIpc) is 2.33. The zero-order valence-electron chi connectivity index (χ0n) is 9.74. The van der Waals surface area contributed by atoms with Gasteiger partial charge in [0.25, 0.3) is 0 Å². The minimum absolute atomic E-state index is 0.252. The van der Waals surface area contributed by atoms with Gasteiger partial charge in [0.1, 0.15) is 11.3 Å². The molecule has 1 heterocycles. The summed E-state index contributed by atoms with van der Waals surface area (Å²) in [6.45, 7) is 0.783. The first-order valence-electron chi connectivity index (χ1n) is 5.88. The van der Waals surface area contributed by atoms with E-state index < -0.39 is 5.54 Å². The van der Waals surface area contributed by atoms with Crippen LogP contribution in [0.4, 0.5) is 0 Å². The van der Waals surface area contributed by atoms with Crippen molar-refractivity contribution >= 4 is 22.0 Å². The van der Waals surface area contributed by atoms with E-state index in [2.05, 4.69) is 20.9 Å². The van der Waals surface area contributed by atoms with Gasteiger partial charge >= 0.3 is 0 Å². The van der Waals surface area contributed by atoms with E-state index in [0.717, 1.165) is 40.6 Å². The van der Waals surface area contributed by atoms with E-state index in [1.54, 1.807) is 6.08 Å². The quantitative estimate of drug-likeness (QED) is 0.623. The van der Waals surface area contributed by atoms with Crippen LogP contribution in [0, 0.1) is 0 Å². The molecule has 94 valence electrons. The fourth-order valence-electron chi connectivity index (χ4n) is 2.57. The maximum absolute atomic E-state index is 10.7. The molecule has 0 radical (unpaired) electrons. The Kier molecular flexibility index (Phi) is 2.98. The number of isocyanates is 1. The van der Waals surface area contributed by atoms with Gasteiger partial charge in [-0.2, -0.15) is 4.99 Å². The molecule has 0 aromatic heterocycles. The Hall–Kier alpha value is -1.16. The lowest BCUT2D eigenvalue weighted by molar-refractivity contribution is -0.0184. The highest BCUT2D eigenvalue weighted by atomic mass is 79.9. The van der Waals surface area contributed by atoms with Gasteiger partial charge in [-0.15, -0.1) is 0 Å². The zero-order valence-corrected chi connectivity index (χ0v) is 11.3. The van der Waals surface area contributed by atoms with Gasteiger partial charge in [0, 0.05) is 15.6 Å². The van der Waals surface area contributed by atoms with Crippen LogP contribution < -0.4 is 4.74 Å². The van der Waals surface area contributed by atoms with Crippen molar-refractivity contribution in [3.05, 3.63) is 27.7 Å². The van der Waals surface area contributed by atoms with Crippen molar-refractivity contribution in [2.45, 2.75) is 31.4 Å². The molecule has 1 aromatic rings. The number of hydrogen-bond donors (Lipinski definition) is 0. The van der Waals surface area contributed by atoms with Crippen molar-refractivity contribution in [3.63, 3.8) is 0 Å². The predicted molar refractivity (Wildman–Crippen MR) is 68.1 cm³/mol. The summed E-state index contributed by atoms with van der Waals surface area (Å²) in [4.78, 5) is 14.7. The summed E-state index contributed by atoms with van der Waals surface area (Å²) in [5.41, 5.74) is 1.54. The number of rotatable bonds is 2. The van der Waals surface area contributed by atoms with Crippen molar-refractivity contribution in [1.29, 1.82) is 0 Å². The summed E-state index contributed by atoms with van der Waals surface area (Å²) in [6.07, 6.45) is 4.52. The van der Waals surface area contributed by atoms with E-state index in [1.807, 2.05) is 12.1 Å². The smallest absolute Gasteiger partial charge is 0.235 e. The molecule has 1 fully saturated rings. The highest BCUT2D eigenvalue weighted by Gasteiger charge is 2.42. The first-order chi connectivity index (χ1) is 8.75. The molecular weight excluding hydrogens is 298 g/mol. The molecule has 0 bridgehead atoms. The molecule has 0 saturated heterocycles. The van der Waals surface area contributed by atoms with Crippen LogP contribution >= 0.6 is 15.9 Å². The second kappa shape index (κ2) is 4.50. The molecular formula is C13H12BrNO3. The monoisotopic (exact) mass is 309 g/mol. The summed E-state index contributed by atoms with van der Waals surface area (Å²) in [5, 5.41) is 0. The van der Waals surface area contributed by atoms with Crippen LogP contribution in [0.1, 0.15) is 30.4 Å². The molecule has 0 spiro atoms. The highest BCUT2D eigenvalue weighted by molar-refractivity contribution is 9.10. The molecule has 1 aromatic carbocycles. The maximum Gasteiger partial charge on any atom is 0.235 e. The van der Waals surface area contributed by atoms with Gasteiger partial charge in [-0.1, -0.05) is 15.9 Å². The van der Waals surface area contributed by atoms with E-state index in [9.17, 15) is 4.79 Å². The van der Waals surface area contributed by atoms with E-state index in [-0.39, 0.29) is 6.79 Å². The van der Waals surface area contributed by atoms with Crippen LogP contribution in [0.2, 0.25) is 0 Å². The van der Waals surface area contributed by atoms with Crippen LogP contribution in [-0.2, 0) is 21.7 Å². The summed E-state index contributed by atoms with van der Waals surface area (Å²) in [5.74, 6) is 0.822. The fraction of sp³-hybridized carbons (Fsp3) is 0.462. The third-order valence-electron chi connectivity index (χ3n) is 3.62. The van der Waals surface area contributed by atoms with Gasteiger partial charge < -0.3 is 9.47 Å². The van der Waals surface area contributed by atoms with Gasteiger partial charge in [-0.3, -0.25) is 0 Å². The molecule has 1 aliphatic heterocycles. The molecule has 18 heavy (non-hydrogen) atoms. The topological polar surface area (TPSA) is 47.9 Å². The Morgan fingerprint density at radius 1 is 1.39 bits per heavy atom. The SMILES string of the molecule is O=C=NC1(c2cc(Br)cc3c2OCOC3)CCC1. The van der Waals surface area contributed by atoms with Crippen LogP contribution in [0.3, 0.4) is 0 Å². The van der Waals surface area contributed by atoms with Crippen LogP contribution in [-0.4, -0.2) is 12.9 Å². The molecule has 1 aliphatic carbocycles. The summed E-state index contributed by atoms with van der Waals surface area (Å²) in [6, 6.07) is 3.97. The molecule has 0 atom stereocenters. The van der Waals surface area contributed by atoms with E-state index in [4.69, 9.17) is 9.47 Å². The second-order valence-electron chi connectivity index (χ2n) is 4.64. The molecule has 5 heteroatoms. The minimum Gasteiger partial charge on any atom is -0.467 e. The lowest BCUT2D eigenvalue weighted by Crippen LogP contribution is -2.33. The molecule has 0 amide bonds. The number of fused-ring (bicyclic) bond motifs is 1. The van der Waals surface area contributed by atoms with E-state index >= 15 is 0 Å². The third kappa shape index (κ3) is 1.79. The van der Waals surface area contributed by atoms with Gasteiger partial charge in [0.2, 0.25) is 6.08 Å². The molecule has 0 N–H and O–H groups in total. The van der Waals surface area contributed by atoms with Crippen molar-refractivity contribution in [2.75, 3.05) is 6.79 Å². The van der Waals surface area contributed by atoms with Gasteiger partial charge in [-0.25, -0.2) is 4.79 Å². The number of ether oxygens (including phenoxy) is 2. The standard InChI is InChI=1S/C13H12BrNO3/c14-10-4-9-6-17-8-18-12(9)11(5-10)13(15-7-16)2-1-3-13/h4-5H,1-3,6,8H2. The number of aliphatic imine (C=N–C) groups is 1. The number of halogens is 1. The van der Waals surface area contributed by atoms with E-state index in [1.165, 1.54) is 0 Å². The lowest BCUT2D eigenvalue weighted by atomic mass is 9.71. The number of carbonyl (C=O) groups excluding carboxylic acids is 1. The van der Waals surface area contributed by atoms with E-state index in [0.29, 0.717) is 6.61 Å². The van der Waals surface area contributed by atoms with Crippen molar-refractivity contribution in [3.8, 4) is 5.75 Å². The number of nitrogens with zero attached hydrogens (tertiary/aromatic N) is 1. The first kappa shape index (κ1) is 11.9. The first-order valence-corrected chi connectivity index (χ1v) is 6.67. The molecule has 1 saturated carbocycles. The minimum atomic E-state index is -0.438. The molecule has 4 nitrogen and oxygen atoms in total. The van der Waals surface area contributed by atoms with Crippen molar-refractivity contribution in [2.24, 2.45) is 4.99 Å². The Morgan fingerprint density at radius 2 is 2.22 bits per heavy atom. The summed E-state index contributed by atoms with van der Waals surface area (Å²) >= 11 is 3.49. The summed E-state index contributed by atoms with van der Waals surface area (Å²) < 4.78 is 11.8. The largest absolute Gasteiger partial charge is 0.467 e. The Balaban J connectivity index is 2.16. The third-order valence-corrected chi connectivity index (χ3v) is 4.07. The zero-order chi connectivity index (χ0) is 12.6. The van der Waals surface area contributed by atoms with Crippen LogP contribution in [0.25, 0.3) is 0 Å². The molecule has 0 unspecified atom stereocenters. The van der Waals surface area contributed by atoms with Crippen molar-refractivity contribution in [1.82, 2.24) is 0 Å². The number of benzene rings is 1. The lowest BCUT2D eigenvalue weighted by Gasteiger charge is -2.39. The van der Waals surface area contributed by atoms with Gasteiger partial charge in [-0.05, 0) is 31.4 Å².